The second-order valence-electron chi connectivity index (χ2n) is 8.26. The summed E-state index contributed by atoms with van der Waals surface area (Å²) in [4.78, 5) is 31.0. The third-order valence-electron chi connectivity index (χ3n) is 5.85. The second-order valence-corrected chi connectivity index (χ2v) is 9.27. The van der Waals surface area contributed by atoms with Crippen LogP contribution in [0.25, 0.3) is 6.08 Å². The fourth-order valence-electron chi connectivity index (χ4n) is 3.83. The Labute approximate surface area is 219 Å². The van der Waals surface area contributed by atoms with Crippen LogP contribution < -0.4 is 9.64 Å². The molecule has 1 fully saturated rings. The molecule has 1 N–H and O–H groups in total. The maximum Gasteiger partial charge on any atom is 0.315 e. The first kappa shape index (κ1) is 26.0. The summed E-state index contributed by atoms with van der Waals surface area (Å²) in [7, 11) is 0. The lowest BCUT2D eigenvalue weighted by Crippen LogP contribution is -2.28. The van der Waals surface area contributed by atoms with E-state index in [0.717, 1.165) is 18.4 Å². The molecule has 0 aromatic heterocycles. The first-order chi connectivity index (χ1) is 17.8. The zero-order valence-corrected chi connectivity index (χ0v) is 21.6. The van der Waals surface area contributed by atoms with E-state index < -0.39 is 16.4 Å². The number of carbonyl (C=O) groups is 1. The highest BCUT2D eigenvalue weighted by molar-refractivity contribution is 8.19. The number of phenolic OH excluding ortho intramolecular Hbond substituents is 1. The molecule has 0 spiro atoms. The zero-order valence-electron chi connectivity index (χ0n) is 20.8. The van der Waals surface area contributed by atoms with Gasteiger partial charge in [0.25, 0.3) is 5.91 Å². The molecule has 0 aliphatic carbocycles. The van der Waals surface area contributed by atoms with Crippen LogP contribution in [0, 0.1) is 10.1 Å². The minimum atomic E-state index is -0.683. The molecule has 190 valence electrons. The first-order valence-corrected chi connectivity index (χ1v) is 12.8. The Kier molecular flexibility index (Phi) is 7.93. The standard InChI is InChI=1S/C28H27N3O5S/c1-4-18-7-11-21(12-8-18)29-28-30(22-13-9-19(5-2)10-14-22)27(33)25(37-28)17-20-15-23(31(34)35)26(32)24(16-20)36-6-3/h7-17,32H,4-6H2,1-3H3/b25-17-,29-28?. The second kappa shape index (κ2) is 11.3. The SMILES string of the molecule is CCOc1cc(/C=C2\SC(=Nc3ccc(CC)cc3)N(c3ccc(CC)cc3)C2=O)cc([N+](=O)[O-])c1O. The molecule has 9 heteroatoms. The smallest absolute Gasteiger partial charge is 0.315 e. The predicted octanol–water partition coefficient (Wildman–Crippen LogP) is 6.63. The molecule has 1 heterocycles. The van der Waals surface area contributed by atoms with E-state index in [1.165, 1.54) is 29.5 Å². The van der Waals surface area contributed by atoms with Gasteiger partial charge in [0.15, 0.2) is 10.9 Å². The number of aryl methyl sites for hydroxylation is 2. The van der Waals surface area contributed by atoms with Crippen LogP contribution in [0.5, 0.6) is 11.5 Å². The van der Waals surface area contributed by atoms with E-state index >= 15 is 0 Å². The highest BCUT2D eigenvalue weighted by Gasteiger charge is 2.35. The van der Waals surface area contributed by atoms with Crippen molar-refractivity contribution in [1.82, 2.24) is 0 Å². The number of hydrogen-bond donors (Lipinski definition) is 1. The molecule has 1 saturated heterocycles. The largest absolute Gasteiger partial charge is 0.500 e. The average molecular weight is 518 g/mol. The molecule has 0 saturated carbocycles. The summed E-state index contributed by atoms with van der Waals surface area (Å²) >= 11 is 1.18. The highest BCUT2D eigenvalue weighted by atomic mass is 32.2. The Morgan fingerprint density at radius 1 is 1.03 bits per heavy atom. The van der Waals surface area contributed by atoms with Gasteiger partial charge in [0, 0.05) is 6.07 Å². The number of ether oxygens (including phenoxy) is 1. The van der Waals surface area contributed by atoms with Crippen molar-refractivity contribution in [2.45, 2.75) is 33.6 Å². The zero-order chi connectivity index (χ0) is 26.5. The number of hydrogen-bond acceptors (Lipinski definition) is 7. The van der Waals surface area contributed by atoms with E-state index in [2.05, 4.69) is 13.8 Å². The summed E-state index contributed by atoms with van der Waals surface area (Å²) in [5.41, 5.74) is 3.58. The number of amides is 1. The topological polar surface area (TPSA) is 105 Å². The molecule has 3 aromatic rings. The Morgan fingerprint density at radius 3 is 2.22 bits per heavy atom. The van der Waals surface area contributed by atoms with Crippen LogP contribution in [0.15, 0.2) is 70.6 Å². The number of nitro groups is 1. The summed E-state index contributed by atoms with van der Waals surface area (Å²) in [5, 5.41) is 22.2. The molecule has 1 aliphatic rings. The minimum Gasteiger partial charge on any atom is -0.500 e. The molecule has 4 rings (SSSR count). The molecular weight excluding hydrogens is 490 g/mol. The minimum absolute atomic E-state index is 0.0177. The third kappa shape index (κ3) is 5.67. The average Bonchev–Trinajstić information content (AvgIpc) is 3.20. The van der Waals surface area contributed by atoms with Gasteiger partial charge in [-0.05, 0) is 84.6 Å². The number of nitrogens with zero attached hydrogens (tertiary/aromatic N) is 3. The molecule has 3 aromatic carbocycles. The van der Waals surface area contributed by atoms with Crippen LogP contribution >= 0.6 is 11.8 Å². The van der Waals surface area contributed by atoms with E-state index in [4.69, 9.17) is 9.73 Å². The molecule has 8 nitrogen and oxygen atoms in total. The number of amidine groups is 1. The van der Waals surface area contributed by atoms with Gasteiger partial charge in [0.2, 0.25) is 5.75 Å². The molecule has 0 atom stereocenters. The van der Waals surface area contributed by atoms with E-state index in [-0.39, 0.29) is 18.3 Å². The summed E-state index contributed by atoms with van der Waals surface area (Å²) in [5.74, 6) is -0.863. The molecular formula is C28H27N3O5S. The van der Waals surface area contributed by atoms with Gasteiger partial charge in [-0.2, -0.15) is 0 Å². The van der Waals surface area contributed by atoms with Gasteiger partial charge in [-0.25, -0.2) is 4.99 Å². The maximum absolute atomic E-state index is 13.6. The normalized spacial score (nSPS) is 15.5. The van der Waals surface area contributed by atoms with Gasteiger partial charge >= 0.3 is 5.69 Å². The van der Waals surface area contributed by atoms with Crippen molar-refractivity contribution in [3.63, 3.8) is 0 Å². The third-order valence-corrected chi connectivity index (χ3v) is 6.82. The fourth-order valence-corrected chi connectivity index (χ4v) is 4.83. The van der Waals surface area contributed by atoms with Crippen molar-refractivity contribution < 1.29 is 19.6 Å². The first-order valence-electron chi connectivity index (χ1n) is 12.0. The summed E-state index contributed by atoms with van der Waals surface area (Å²) in [6.45, 7) is 6.07. The summed E-state index contributed by atoms with van der Waals surface area (Å²) in [6.07, 6.45) is 3.34. The lowest BCUT2D eigenvalue weighted by atomic mass is 10.1. The number of benzene rings is 3. The number of phenols is 1. The Morgan fingerprint density at radius 2 is 1.65 bits per heavy atom. The Hall–Kier alpha value is -4.11. The molecule has 1 aliphatic heterocycles. The number of anilines is 1. The van der Waals surface area contributed by atoms with Crippen molar-refractivity contribution in [2.24, 2.45) is 4.99 Å². The molecule has 0 bridgehead atoms. The van der Waals surface area contributed by atoms with Crippen molar-refractivity contribution in [1.29, 1.82) is 0 Å². The van der Waals surface area contributed by atoms with E-state index in [1.807, 2.05) is 48.5 Å². The predicted molar refractivity (Wildman–Crippen MR) is 148 cm³/mol. The summed E-state index contributed by atoms with van der Waals surface area (Å²) in [6, 6.07) is 18.2. The Balaban J connectivity index is 1.79. The quantitative estimate of drug-likeness (QED) is 0.204. The number of carbonyl (C=O) groups excluding carboxylic acids is 1. The van der Waals surface area contributed by atoms with Crippen LogP contribution in [0.3, 0.4) is 0 Å². The number of rotatable bonds is 8. The van der Waals surface area contributed by atoms with E-state index in [0.29, 0.717) is 27.0 Å². The van der Waals surface area contributed by atoms with Gasteiger partial charge in [-0.1, -0.05) is 38.1 Å². The van der Waals surface area contributed by atoms with Gasteiger partial charge in [-0.3, -0.25) is 19.8 Å². The van der Waals surface area contributed by atoms with Crippen molar-refractivity contribution in [2.75, 3.05) is 11.5 Å². The van der Waals surface area contributed by atoms with Crippen LogP contribution in [0.2, 0.25) is 0 Å². The number of thioether (sulfide) groups is 1. The van der Waals surface area contributed by atoms with E-state index in [9.17, 15) is 20.0 Å². The molecule has 0 unspecified atom stereocenters. The fraction of sp³-hybridized carbons (Fsp3) is 0.214. The summed E-state index contributed by atoms with van der Waals surface area (Å²) < 4.78 is 5.38. The van der Waals surface area contributed by atoms with Crippen LogP contribution in [-0.2, 0) is 17.6 Å². The number of aliphatic imine (C=N–C) groups is 1. The number of aromatic hydroxyl groups is 1. The van der Waals surface area contributed by atoms with Crippen LogP contribution in [-0.4, -0.2) is 27.7 Å². The van der Waals surface area contributed by atoms with Crippen molar-refractivity contribution in [3.8, 4) is 11.5 Å². The van der Waals surface area contributed by atoms with E-state index in [1.54, 1.807) is 17.9 Å². The van der Waals surface area contributed by atoms with Crippen molar-refractivity contribution >= 4 is 46.0 Å². The van der Waals surface area contributed by atoms with Crippen LogP contribution in [0.4, 0.5) is 17.1 Å². The molecule has 1 amide bonds. The molecule has 0 radical (unpaired) electrons. The number of nitro benzene ring substituents is 1. The Bertz CT molecular complexity index is 1380. The monoisotopic (exact) mass is 517 g/mol. The van der Waals surface area contributed by atoms with Gasteiger partial charge in [-0.15, -0.1) is 0 Å². The van der Waals surface area contributed by atoms with Gasteiger partial charge < -0.3 is 9.84 Å². The maximum atomic E-state index is 13.6. The van der Waals surface area contributed by atoms with Crippen molar-refractivity contribution in [3.05, 3.63) is 92.4 Å². The van der Waals surface area contributed by atoms with Gasteiger partial charge in [0.1, 0.15) is 0 Å². The highest BCUT2D eigenvalue weighted by Crippen LogP contribution is 2.41. The lowest BCUT2D eigenvalue weighted by Gasteiger charge is -2.16. The molecule has 37 heavy (non-hydrogen) atoms. The lowest BCUT2D eigenvalue weighted by molar-refractivity contribution is -0.386. The van der Waals surface area contributed by atoms with Crippen LogP contribution in [0.1, 0.15) is 37.5 Å². The van der Waals surface area contributed by atoms with Gasteiger partial charge in [0.05, 0.1) is 27.8 Å².